The Kier molecular flexibility index (Phi) is 4.31. The lowest BCUT2D eigenvalue weighted by molar-refractivity contribution is -0.771. The minimum Gasteiger partial charge on any atom is -0.487 e. The number of rotatable bonds is 3. The Balaban J connectivity index is 0.00000128. The van der Waals surface area contributed by atoms with Crippen molar-refractivity contribution in [3.8, 4) is 0 Å². The van der Waals surface area contributed by atoms with E-state index in [1.807, 2.05) is 25.1 Å². The van der Waals surface area contributed by atoms with Crippen LogP contribution in [0.5, 0.6) is 0 Å². The molecular formula is C11H14ClN3O. The monoisotopic (exact) mass is 239 g/mol. The largest absolute Gasteiger partial charge is 0.487 e. The van der Waals surface area contributed by atoms with Crippen LogP contribution in [0.15, 0.2) is 34.9 Å². The van der Waals surface area contributed by atoms with E-state index in [0.717, 1.165) is 18.7 Å². The van der Waals surface area contributed by atoms with Crippen molar-refractivity contribution in [2.24, 2.45) is 0 Å². The highest BCUT2D eigenvalue weighted by Crippen LogP contribution is 1.98. The lowest BCUT2D eigenvalue weighted by atomic mass is 10.1. The number of hydrogen-bond donors (Lipinski definition) is 1. The van der Waals surface area contributed by atoms with Crippen LogP contribution in [-0.2, 0) is 13.0 Å². The molecule has 0 aliphatic carbocycles. The average Bonchev–Trinajstić information content (AvgIpc) is 2.59. The standard InChI is InChI=1S/C11H13N3O.ClH/c1-9-11(12)15-13-14(9)8-7-10-5-3-2-4-6-10;/h2-6,12H,7-8H2,1H3;1H. The SMILES string of the molecule is Cc1c(=N)o[n-][n+]1CCc1ccccc1.Cl. The van der Waals surface area contributed by atoms with E-state index in [2.05, 4.69) is 17.4 Å². The molecule has 0 saturated heterocycles. The Morgan fingerprint density at radius 3 is 2.56 bits per heavy atom. The molecule has 0 atom stereocenters. The van der Waals surface area contributed by atoms with E-state index >= 15 is 0 Å². The first-order chi connectivity index (χ1) is 7.27. The molecule has 0 spiro atoms. The summed E-state index contributed by atoms with van der Waals surface area (Å²) in [7, 11) is 0. The van der Waals surface area contributed by atoms with Crippen LogP contribution in [-0.4, -0.2) is 0 Å². The van der Waals surface area contributed by atoms with Gasteiger partial charge in [0.1, 0.15) is 6.54 Å². The molecule has 4 nitrogen and oxygen atoms in total. The highest BCUT2D eigenvalue weighted by atomic mass is 35.5. The third kappa shape index (κ3) is 2.73. The zero-order valence-electron chi connectivity index (χ0n) is 9.01. The first-order valence-electron chi connectivity index (χ1n) is 4.89. The molecule has 0 radical (unpaired) electrons. The molecule has 16 heavy (non-hydrogen) atoms. The van der Waals surface area contributed by atoms with Crippen LogP contribution in [0.2, 0.25) is 0 Å². The molecule has 1 N–H and O–H groups in total. The van der Waals surface area contributed by atoms with E-state index < -0.39 is 0 Å². The number of benzene rings is 1. The minimum atomic E-state index is 0. The van der Waals surface area contributed by atoms with Gasteiger partial charge in [0.15, 0.2) is 0 Å². The van der Waals surface area contributed by atoms with Crippen LogP contribution in [0.4, 0.5) is 0 Å². The summed E-state index contributed by atoms with van der Waals surface area (Å²) < 4.78 is 6.48. The van der Waals surface area contributed by atoms with Crippen LogP contribution >= 0.6 is 12.4 Å². The summed E-state index contributed by atoms with van der Waals surface area (Å²) in [5.74, 6) is 0. The van der Waals surface area contributed by atoms with Gasteiger partial charge < -0.3 is 4.52 Å². The lowest BCUT2D eigenvalue weighted by Crippen LogP contribution is -2.42. The molecule has 1 aromatic carbocycles. The molecule has 2 aromatic rings. The van der Waals surface area contributed by atoms with Gasteiger partial charge in [0.2, 0.25) is 5.69 Å². The van der Waals surface area contributed by atoms with Gasteiger partial charge in [-0.05, 0) is 5.56 Å². The number of nitrogens with zero attached hydrogens (tertiary/aromatic N) is 2. The molecule has 1 aromatic heterocycles. The minimum absolute atomic E-state index is 0. The van der Waals surface area contributed by atoms with Crippen molar-refractivity contribution in [1.82, 2.24) is 5.27 Å². The van der Waals surface area contributed by atoms with Gasteiger partial charge in [0, 0.05) is 13.3 Å². The van der Waals surface area contributed by atoms with Gasteiger partial charge in [-0.2, -0.15) is 0 Å². The highest BCUT2D eigenvalue weighted by Gasteiger charge is 2.05. The molecule has 1 heterocycles. The summed E-state index contributed by atoms with van der Waals surface area (Å²) in [5.41, 5.74) is 2.17. The molecule has 0 saturated carbocycles. The Labute approximate surface area is 99.8 Å². The van der Waals surface area contributed by atoms with Crippen LogP contribution in [0.1, 0.15) is 11.3 Å². The Morgan fingerprint density at radius 2 is 2.00 bits per heavy atom. The predicted octanol–water partition coefficient (Wildman–Crippen LogP) is 0.977. The van der Waals surface area contributed by atoms with Gasteiger partial charge >= 0.3 is 0 Å². The summed E-state index contributed by atoms with van der Waals surface area (Å²) in [6.45, 7) is 2.59. The van der Waals surface area contributed by atoms with Gasteiger partial charge in [-0.15, -0.1) is 12.4 Å². The number of halogens is 1. The van der Waals surface area contributed by atoms with Gasteiger partial charge in [0.25, 0.3) is 5.55 Å². The van der Waals surface area contributed by atoms with E-state index in [0.29, 0.717) is 0 Å². The summed E-state index contributed by atoms with van der Waals surface area (Å²) in [6, 6.07) is 10.2. The van der Waals surface area contributed by atoms with E-state index in [1.165, 1.54) is 5.56 Å². The van der Waals surface area contributed by atoms with Crippen molar-refractivity contribution < 1.29 is 9.20 Å². The fourth-order valence-corrected chi connectivity index (χ4v) is 1.42. The summed E-state index contributed by atoms with van der Waals surface area (Å²) in [6.07, 6.45) is 0.901. The third-order valence-corrected chi connectivity index (χ3v) is 2.40. The van der Waals surface area contributed by atoms with Crippen molar-refractivity contribution in [2.45, 2.75) is 19.9 Å². The van der Waals surface area contributed by atoms with Crippen molar-refractivity contribution in [1.29, 1.82) is 5.41 Å². The maximum atomic E-state index is 7.37. The van der Waals surface area contributed by atoms with Crippen LogP contribution in [0, 0.1) is 12.3 Å². The van der Waals surface area contributed by atoms with Crippen molar-refractivity contribution in [2.75, 3.05) is 0 Å². The normalized spacial score (nSPS) is 9.81. The number of hydrogen-bond acceptors (Lipinski definition) is 2. The summed E-state index contributed by atoms with van der Waals surface area (Å²) in [5, 5.41) is 11.2. The fourth-order valence-electron chi connectivity index (χ4n) is 1.42. The summed E-state index contributed by atoms with van der Waals surface area (Å²) in [4.78, 5) is 0. The molecular weight excluding hydrogens is 226 g/mol. The van der Waals surface area contributed by atoms with Gasteiger partial charge in [-0.25, -0.2) is 4.68 Å². The van der Waals surface area contributed by atoms with Crippen molar-refractivity contribution in [3.05, 3.63) is 47.1 Å². The average molecular weight is 240 g/mol. The Hall–Kier alpha value is -1.55. The number of nitrogens with one attached hydrogen (secondary N) is 1. The van der Waals surface area contributed by atoms with Crippen LogP contribution < -0.4 is 15.5 Å². The zero-order chi connectivity index (χ0) is 10.7. The fraction of sp³-hybridized carbons (Fsp3) is 0.273. The van der Waals surface area contributed by atoms with E-state index in [4.69, 9.17) is 9.93 Å². The topological polar surface area (TPSA) is 55.0 Å². The van der Waals surface area contributed by atoms with Crippen molar-refractivity contribution >= 4 is 12.4 Å². The molecule has 86 valence electrons. The molecule has 5 heteroatoms. The van der Waals surface area contributed by atoms with E-state index in [9.17, 15) is 0 Å². The number of aryl methyl sites for hydroxylation is 2. The van der Waals surface area contributed by atoms with Gasteiger partial charge in [-0.3, -0.25) is 10.7 Å². The van der Waals surface area contributed by atoms with Gasteiger partial charge in [-0.1, -0.05) is 30.3 Å². The Morgan fingerprint density at radius 1 is 1.31 bits per heavy atom. The van der Waals surface area contributed by atoms with Crippen LogP contribution in [0.3, 0.4) is 0 Å². The second-order valence-electron chi connectivity index (χ2n) is 3.45. The predicted molar refractivity (Wildman–Crippen MR) is 60.2 cm³/mol. The first kappa shape index (κ1) is 12.5. The second-order valence-corrected chi connectivity index (χ2v) is 3.45. The van der Waals surface area contributed by atoms with E-state index in [1.54, 1.807) is 4.68 Å². The maximum absolute atomic E-state index is 7.37. The molecule has 2 rings (SSSR count). The smallest absolute Gasteiger partial charge is 0.267 e. The van der Waals surface area contributed by atoms with Crippen molar-refractivity contribution in [3.63, 3.8) is 0 Å². The summed E-state index contributed by atoms with van der Waals surface area (Å²) >= 11 is 0. The molecule has 0 unspecified atom stereocenters. The molecule has 0 fully saturated rings. The second kappa shape index (κ2) is 5.51. The van der Waals surface area contributed by atoms with Gasteiger partial charge in [0.05, 0.1) is 0 Å². The number of aromatic nitrogens is 2. The molecule has 0 aliphatic rings. The molecule has 0 bridgehead atoms. The molecule has 0 amide bonds. The Bertz CT molecular complexity index is 489. The highest BCUT2D eigenvalue weighted by molar-refractivity contribution is 5.85. The van der Waals surface area contributed by atoms with E-state index in [-0.39, 0.29) is 18.0 Å². The first-order valence-corrected chi connectivity index (χ1v) is 4.89. The molecule has 0 aliphatic heterocycles. The van der Waals surface area contributed by atoms with Crippen LogP contribution in [0.25, 0.3) is 0 Å². The third-order valence-electron chi connectivity index (χ3n) is 2.40. The quantitative estimate of drug-likeness (QED) is 0.812. The zero-order valence-corrected chi connectivity index (χ0v) is 9.83. The maximum Gasteiger partial charge on any atom is 0.267 e. The lowest BCUT2D eigenvalue weighted by Gasteiger charge is -2.00.